The number of carbonyl (C=O) groups is 3. The largest absolute Gasteiger partial charge is 0.507 e. The molecule has 114 valence electrons. The van der Waals surface area contributed by atoms with E-state index in [0.717, 1.165) is 0 Å². The predicted molar refractivity (Wildman–Crippen MR) is 74.9 cm³/mol. The van der Waals surface area contributed by atoms with Crippen molar-refractivity contribution < 1.29 is 24.2 Å². The zero-order valence-electron chi connectivity index (χ0n) is 11.4. The van der Waals surface area contributed by atoms with Crippen molar-refractivity contribution in [2.45, 2.75) is 20.0 Å². The molecule has 0 radical (unpaired) electrons. The van der Waals surface area contributed by atoms with E-state index in [2.05, 4.69) is 0 Å². The number of primary amides is 1. The zero-order chi connectivity index (χ0) is 16.2. The Kier molecular flexibility index (Phi) is 5.54. The Labute approximate surface area is 126 Å². The number of nitrogens with two attached hydrogens (primary N) is 1. The number of phenols is 1. The highest BCUT2D eigenvalue weighted by atomic mass is 35.5. The van der Waals surface area contributed by atoms with Gasteiger partial charge in [-0.15, -0.1) is 0 Å². The summed E-state index contributed by atoms with van der Waals surface area (Å²) < 4.78 is 5.02. The Morgan fingerprint density at radius 2 is 1.95 bits per heavy atom. The van der Waals surface area contributed by atoms with Gasteiger partial charge < -0.3 is 15.6 Å². The topological polar surface area (TPSA) is 119 Å². The number of ether oxygens (including phenoxy) is 1. The minimum absolute atomic E-state index is 0.142. The number of hydrogen-bond acceptors (Lipinski definition) is 5. The minimum Gasteiger partial charge on any atom is -0.507 e. The van der Waals surface area contributed by atoms with E-state index in [4.69, 9.17) is 22.1 Å². The van der Waals surface area contributed by atoms with Crippen LogP contribution in [0.15, 0.2) is 18.2 Å². The van der Waals surface area contributed by atoms with Crippen LogP contribution in [0.25, 0.3) is 0 Å². The molecule has 1 atom stereocenters. The van der Waals surface area contributed by atoms with E-state index in [1.807, 2.05) is 5.32 Å². The van der Waals surface area contributed by atoms with Crippen LogP contribution in [-0.4, -0.2) is 29.1 Å². The van der Waals surface area contributed by atoms with Crippen molar-refractivity contribution in [1.29, 1.82) is 0 Å². The summed E-state index contributed by atoms with van der Waals surface area (Å²) in [5.74, 6) is -2.52. The Balaban J connectivity index is 2.91. The summed E-state index contributed by atoms with van der Waals surface area (Å²) in [6.07, 6.45) is -1.22. The fourth-order valence-electron chi connectivity index (χ4n) is 1.54. The van der Waals surface area contributed by atoms with Gasteiger partial charge in [0.25, 0.3) is 5.91 Å². The van der Waals surface area contributed by atoms with Gasteiger partial charge in [-0.3, -0.25) is 10.1 Å². The molecule has 21 heavy (non-hydrogen) atoms. The number of amides is 3. The van der Waals surface area contributed by atoms with Crippen LogP contribution in [-0.2, 0) is 9.53 Å². The number of esters is 1. The average Bonchev–Trinajstić information content (AvgIpc) is 2.34. The first-order chi connectivity index (χ1) is 9.72. The van der Waals surface area contributed by atoms with Gasteiger partial charge in [0.1, 0.15) is 11.3 Å². The van der Waals surface area contributed by atoms with E-state index >= 15 is 0 Å². The molecule has 1 rings (SSSR count). The molecule has 0 aromatic heterocycles. The van der Waals surface area contributed by atoms with Gasteiger partial charge in [0, 0.05) is 5.02 Å². The molecule has 0 saturated heterocycles. The third-order valence-electron chi connectivity index (χ3n) is 2.52. The van der Waals surface area contributed by atoms with Gasteiger partial charge in [0.15, 0.2) is 6.10 Å². The van der Waals surface area contributed by atoms with Crippen molar-refractivity contribution in [1.82, 2.24) is 5.32 Å². The molecule has 8 heteroatoms. The van der Waals surface area contributed by atoms with Gasteiger partial charge >= 0.3 is 12.0 Å². The Morgan fingerprint density at radius 3 is 2.43 bits per heavy atom. The molecule has 1 aromatic carbocycles. The normalized spacial score (nSPS) is 11.8. The second-order valence-corrected chi connectivity index (χ2v) is 5.02. The van der Waals surface area contributed by atoms with Crippen LogP contribution < -0.4 is 11.1 Å². The van der Waals surface area contributed by atoms with Gasteiger partial charge in [-0.2, -0.15) is 0 Å². The van der Waals surface area contributed by atoms with Gasteiger partial charge in [-0.1, -0.05) is 25.4 Å². The highest BCUT2D eigenvalue weighted by Crippen LogP contribution is 2.23. The minimum atomic E-state index is -1.22. The van der Waals surface area contributed by atoms with E-state index < -0.39 is 29.9 Å². The number of aromatic hydroxyl groups is 1. The van der Waals surface area contributed by atoms with Crippen molar-refractivity contribution in [3.05, 3.63) is 28.8 Å². The number of halogens is 1. The van der Waals surface area contributed by atoms with Crippen LogP contribution in [0.1, 0.15) is 24.2 Å². The summed E-state index contributed by atoms with van der Waals surface area (Å²) in [4.78, 5) is 34.4. The van der Waals surface area contributed by atoms with Crippen molar-refractivity contribution >= 4 is 29.5 Å². The smallest absolute Gasteiger partial charge is 0.342 e. The number of imide groups is 1. The third kappa shape index (κ3) is 4.64. The number of rotatable bonds is 4. The second-order valence-electron chi connectivity index (χ2n) is 4.58. The lowest BCUT2D eigenvalue weighted by Crippen LogP contribution is -2.45. The number of urea groups is 1. The van der Waals surface area contributed by atoms with Gasteiger partial charge in [-0.25, -0.2) is 9.59 Å². The van der Waals surface area contributed by atoms with Gasteiger partial charge in [0.2, 0.25) is 0 Å². The van der Waals surface area contributed by atoms with Crippen LogP contribution in [0.4, 0.5) is 4.79 Å². The van der Waals surface area contributed by atoms with E-state index in [-0.39, 0.29) is 16.3 Å². The van der Waals surface area contributed by atoms with Crippen molar-refractivity contribution in [2.24, 2.45) is 11.7 Å². The molecule has 0 bridgehead atoms. The lowest BCUT2D eigenvalue weighted by Gasteiger charge is -2.20. The van der Waals surface area contributed by atoms with Crippen molar-refractivity contribution in [3.8, 4) is 5.75 Å². The summed E-state index contributed by atoms with van der Waals surface area (Å²) in [6.45, 7) is 3.25. The summed E-state index contributed by atoms with van der Waals surface area (Å²) >= 11 is 5.66. The second kappa shape index (κ2) is 6.94. The maximum absolute atomic E-state index is 12.0. The van der Waals surface area contributed by atoms with Gasteiger partial charge in [0.05, 0.1) is 0 Å². The molecule has 0 saturated carbocycles. The summed E-state index contributed by atoms with van der Waals surface area (Å²) in [5.41, 5.74) is 4.71. The SMILES string of the molecule is CC(C)[C@H](OC(=O)c1ccc(Cl)cc1O)C(=O)NC(N)=O. The molecule has 7 nitrogen and oxygen atoms in total. The number of phenolic OH excluding ortho intramolecular Hbond substituents is 1. The van der Waals surface area contributed by atoms with E-state index in [1.165, 1.54) is 18.2 Å². The maximum Gasteiger partial charge on any atom is 0.342 e. The average molecular weight is 315 g/mol. The quantitative estimate of drug-likeness (QED) is 0.726. The molecule has 0 aliphatic carbocycles. The molecule has 4 N–H and O–H groups in total. The van der Waals surface area contributed by atoms with Crippen LogP contribution in [0.5, 0.6) is 5.75 Å². The first-order valence-corrected chi connectivity index (χ1v) is 6.40. The lowest BCUT2D eigenvalue weighted by atomic mass is 10.1. The van der Waals surface area contributed by atoms with Crippen LogP contribution in [0.3, 0.4) is 0 Å². The highest BCUT2D eigenvalue weighted by molar-refractivity contribution is 6.30. The molecule has 0 unspecified atom stereocenters. The van der Waals surface area contributed by atoms with Crippen LogP contribution >= 0.6 is 11.6 Å². The number of hydrogen-bond donors (Lipinski definition) is 3. The Hall–Kier alpha value is -2.28. The molecule has 0 fully saturated rings. The maximum atomic E-state index is 12.0. The Bertz CT molecular complexity index is 574. The number of nitrogens with one attached hydrogen (secondary N) is 1. The molecule has 0 aliphatic heterocycles. The summed E-state index contributed by atoms with van der Waals surface area (Å²) in [5, 5.41) is 11.7. The zero-order valence-corrected chi connectivity index (χ0v) is 12.2. The molecular weight excluding hydrogens is 300 g/mol. The molecule has 0 heterocycles. The fourth-order valence-corrected chi connectivity index (χ4v) is 1.71. The number of benzene rings is 1. The van der Waals surface area contributed by atoms with Gasteiger partial charge in [-0.05, 0) is 24.1 Å². The van der Waals surface area contributed by atoms with E-state index in [0.29, 0.717) is 0 Å². The van der Waals surface area contributed by atoms with E-state index in [9.17, 15) is 19.5 Å². The summed E-state index contributed by atoms with van der Waals surface area (Å²) in [7, 11) is 0. The standard InChI is InChI=1S/C13H15ClN2O5/c1-6(2)10(11(18)16-13(15)20)21-12(19)8-4-3-7(14)5-9(8)17/h3-6,10,17H,1-2H3,(H3,15,16,18,20)/t10-/m0/s1. The first-order valence-electron chi connectivity index (χ1n) is 6.02. The lowest BCUT2D eigenvalue weighted by molar-refractivity contribution is -0.130. The fraction of sp³-hybridized carbons (Fsp3) is 0.308. The summed E-state index contributed by atoms with van der Waals surface area (Å²) in [6, 6.07) is 2.79. The molecule has 1 aromatic rings. The third-order valence-corrected chi connectivity index (χ3v) is 2.76. The van der Waals surface area contributed by atoms with Crippen molar-refractivity contribution in [3.63, 3.8) is 0 Å². The molecule has 0 aliphatic rings. The van der Waals surface area contributed by atoms with Crippen molar-refractivity contribution in [2.75, 3.05) is 0 Å². The highest BCUT2D eigenvalue weighted by Gasteiger charge is 2.28. The number of carbonyl (C=O) groups excluding carboxylic acids is 3. The monoisotopic (exact) mass is 314 g/mol. The first kappa shape index (κ1) is 16.8. The Morgan fingerprint density at radius 1 is 1.33 bits per heavy atom. The molecular formula is C13H15ClN2O5. The molecule has 0 spiro atoms. The van der Waals surface area contributed by atoms with E-state index in [1.54, 1.807) is 13.8 Å². The predicted octanol–water partition coefficient (Wildman–Crippen LogP) is 1.42. The van der Waals surface area contributed by atoms with Crippen LogP contribution in [0, 0.1) is 5.92 Å². The molecule has 3 amide bonds. The van der Waals surface area contributed by atoms with Crippen LogP contribution in [0.2, 0.25) is 5.02 Å².